The van der Waals surface area contributed by atoms with Crippen LogP contribution in [-0.2, 0) is 16.0 Å². The Kier molecular flexibility index (Phi) is 8.38. The maximum Gasteiger partial charge on any atom is 0.222 e. The van der Waals surface area contributed by atoms with Crippen LogP contribution in [0.15, 0.2) is 48.5 Å². The Morgan fingerprint density at radius 1 is 0.839 bits per heavy atom. The second kappa shape index (κ2) is 11.4. The van der Waals surface area contributed by atoms with Crippen LogP contribution in [0, 0.1) is 11.6 Å². The molecule has 3 rings (SSSR count). The van der Waals surface area contributed by atoms with Crippen LogP contribution in [0.5, 0.6) is 5.75 Å². The largest absolute Gasteiger partial charge is 0.491 e. The van der Waals surface area contributed by atoms with Gasteiger partial charge < -0.3 is 14.5 Å². The van der Waals surface area contributed by atoms with E-state index in [-0.39, 0.29) is 30.6 Å². The van der Waals surface area contributed by atoms with Gasteiger partial charge in [-0.15, -0.1) is 0 Å². The molecule has 0 bridgehead atoms. The summed E-state index contributed by atoms with van der Waals surface area (Å²) in [4.78, 5) is 28.4. The van der Waals surface area contributed by atoms with Gasteiger partial charge in [0.05, 0.1) is 6.61 Å². The topological polar surface area (TPSA) is 49.9 Å². The van der Waals surface area contributed by atoms with E-state index in [0.717, 1.165) is 25.0 Å². The Balaban J connectivity index is 1.30. The molecule has 1 heterocycles. The highest BCUT2D eigenvalue weighted by Gasteiger charge is 2.23. The molecule has 0 unspecified atom stereocenters. The molecule has 1 saturated heterocycles. The number of nitrogens with zero attached hydrogens (tertiary/aromatic N) is 2. The summed E-state index contributed by atoms with van der Waals surface area (Å²) in [6.45, 7) is 2.32. The average molecular weight is 430 g/mol. The highest BCUT2D eigenvalue weighted by Crippen LogP contribution is 2.18. The van der Waals surface area contributed by atoms with Crippen molar-refractivity contribution in [1.29, 1.82) is 0 Å². The summed E-state index contributed by atoms with van der Waals surface area (Å²) in [5, 5.41) is 0. The summed E-state index contributed by atoms with van der Waals surface area (Å²) in [5.41, 5.74) is 1.23. The normalized spacial score (nSPS) is 13.9. The van der Waals surface area contributed by atoms with E-state index in [0.29, 0.717) is 39.0 Å². The highest BCUT2D eigenvalue weighted by atomic mass is 19.1. The number of rotatable bonds is 9. The number of carbonyl (C=O) groups excluding carboxylic acids is 2. The monoisotopic (exact) mass is 430 g/mol. The Morgan fingerprint density at radius 2 is 1.45 bits per heavy atom. The molecule has 7 heteroatoms. The molecule has 2 aromatic rings. The fourth-order valence-corrected chi connectivity index (χ4v) is 3.61. The number of hydrogen-bond acceptors (Lipinski definition) is 3. The zero-order chi connectivity index (χ0) is 22.1. The molecule has 1 aliphatic rings. The summed E-state index contributed by atoms with van der Waals surface area (Å²) in [7, 11) is 0. The number of aryl methyl sites for hydroxylation is 1. The van der Waals surface area contributed by atoms with Crippen LogP contribution in [0.25, 0.3) is 0 Å². The zero-order valence-electron chi connectivity index (χ0n) is 17.6. The van der Waals surface area contributed by atoms with Crippen LogP contribution in [0.4, 0.5) is 8.78 Å². The van der Waals surface area contributed by atoms with Crippen molar-refractivity contribution in [2.75, 3.05) is 32.8 Å². The van der Waals surface area contributed by atoms with E-state index in [1.165, 1.54) is 11.6 Å². The Labute approximate surface area is 181 Å². The van der Waals surface area contributed by atoms with Crippen molar-refractivity contribution in [3.8, 4) is 5.75 Å². The van der Waals surface area contributed by atoms with Gasteiger partial charge in [0.25, 0.3) is 0 Å². The minimum Gasteiger partial charge on any atom is -0.491 e. The Morgan fingerprint density at radius 3 is 2.06 bits per heavy atom. The minimum absolute atomic E-state index is 0.000598. The molecule has 31 heavy (non-hydrogen) atoms. The lowest BCUT2D eigenvalue weighted by Gasteiger charge is -2.35. The van der Waals surface area contributed by atoms with Gasteiger partial charge in [0.15, 0.2) is 11.6 Å². The Bertz CT molecular complexity index is 868. The molecule has 0 spiro atoms. The second-order valence-electron chi connectivity index (χ2n) is 7.63. The van der Waals surface area contributed by atoms with E-state index in [1.54, 1.807) is 4.90 Å². The smallest absolute Gasteiger partial charge is 0.222 e. The third-order valence-corrected chi connectivity index (χ3v) is 5.37. The van der Waals surface area contributed by atoms with Crippen molar-refractivity contribution in [3.05, 3.63) is 65.7 Å². The van der Waals surface area contributed by atoms with Crippen LogP contribution in [-0.4, -0.2) is 54.4 Å². The van der Waals surface area contributed by atoms with Gasteiger partial charge in [0.1, 0.15) is 5.82 Å². The van der Waals surface area contributed by atoms with Crippen molar-refractivity contribution < 1.29 is 23.1 Å². The minimum atomic E-state index is -0.754. The molecule has 0 atom stereocenters. The quantitative estimate of drug-likeness (QED) is 0.569. The van der Waals surface area contributed by atoms with Crippen LogP contribution in [0.3, 0.4) is 0 Å². The molecule has 166 valence electrons. The number of amides is 2. The van der Waals surface area contributed by atoms with Gasteiger partial charge in [-0.2, -0.15) is 0 Å². The summed E-state index contributed by atoms with van der Waals surface area (Å²) < 4.78 is 31.7. The number of hydrogen-bond donors (Lipinski definition) is 0. The predicted octanol–water partition coefficient (Wildman–Crippen LogP) is 3.82. The van der Waals surface area contributed by atoms with E-state index in [1.807, 2.05) is 23.1 Å². The van der Waals surface area contributed by atoms with Crippen molar-refractivity contribution in [2.45, 2.75) is 32.1 Å². The van der Waals surface area contributed by atoms with Crippen molar-refractivity contribution >= 4 is 11.8 Å². The fourth-order valence-electron chi connectivity index (χ4n) is 3.61. The van der Waals surface area contributed by atoms with Gasteiger partial charge in [-0.05, 0) is 37.0 Å². The average Bonchev–Trinajstić information content (AvgIpc) is 2.78. The molecule has 1 aliphatic heterocycles. The maximum absolute atomic E-state index is 13.5. The van der Waals surface area contributed by atoms with Crippen LogP contribution in [0.1, 0.15) is 31.2 Å². The van der Waals surface area contributed by atoms with Crippen molar-refractivity contribution in [1.82, 2.24) is 9.80 Å². The molecular weight excluding hydrogens is 402 g/mol. The van der Waals surface area contributed by atoms with Crippen LogP contribution in [0.2, 0.25) is 0 Å². The van der Waals surface area contributed by atoms with Gasteiger partial charge >= 0.3 is 0 Å². The molecule has 0 N–H and O–H groups in total. The lowest BCUT2D eigenvalue weighted by molar-refractivity contribution is -0.139. The van der Waals surface area contributed by atoms with E-state index in [9.17, 15) is 18.4 Å². The number of piperazine rings is 1. The van der Waals surface area contributed by atoms with Gasteiger partial charge in [-0.1, -0.05) is 30.3 Å². The highest BCUT2D eigenvalue weighted by molar-refractivity contribution is 5.78. The predicted molar refractivity (Wildman–Crippen MR) is 114 cm³/mol. The SMILES string of the molecule is O=C(CCCOc1ccc(F)cc1F)N1CCN(C(=O)CCCc2ccccc2)CC1. The summed E-state index contributed by atoms with van der Waals surface area (Å²) >= 11 is 0. The second-order valence-corrected chi connectivity index (χ2v) is 7.63. The lowest BCUT2D eigenvalue weighted by atomic mass is 10.1. The van der Waals surface area contributed by atoms with E-state index < -0.39 is 11.6 Å². The molecule has 0 radical (unpaired) electrons. The first kappa shape index (κ1) is 22.7. The molecule has 5 nitrogen and oxygen atoms in total. The molecular formula is C24H28F2N2O3. The van der Waals surface area contributed by atoms with E-state index >= 15 is 0 Å². The number of halogens is 2. The number of ether oxygens (including phenoxy) is 1. The summed E-state index contributed by atoms with van der Waals surface area (Å²) in [6.07, 6.45) is 2.94. The third-order valence-electron chi connectivity index (χ3n) is 5.37. The summed E-state index contributed by atoms with van der Waals surface area (Å²) in [6, 6.07) is 13.2. The summed E-state index contributed by atoms with van der Waals surface area (Å²) in [5.74, 6) is -1.30. The molecule has 2 aromatic carbocycles. The number of carbonyl (C=O) groups is 2. The van der Waals surface area contributed by atoms with E-state index in [4.69, 9.17) is 4.74 Å². The molecule has 0 saturated carbocycles. The number of benzene rings is 2. The maximum atomic E-state index is 13.5. The van der Waals surface area contributed by atoms with Gasteiger partial charge in [-0.25, -0.2) is 8.78 Å². The standard InChI is InChI=1S/C24H28F2N2O3/c25-20-11-12-22(21(26)18-20)31-17-5-10-24(30)28-15-13-27(14-16-28)23(29)9-4-8-19-6-2-1-3-7-19/h1-3,6-7,11-12,18H,4-5,8-10,13-17H2. The Hall–Kier alpha value is -2.96. The molecule has 2 amide bonds. The molecule has 1 fully saturated rings. The van der Waals surface area contributed by atoms with Crippen LogP contribution < -0.4 is 4.74 Å². The van der Waals surface area contributed by atoms with Gasteiger partial charge in [0.2, 0.25) is 11.8 Å². The first-order valence-electron chi connectivity index (χ1n) is 10.7. The van der Waals surface area contributed by atoms with E-state index in [2.05, 4.69) is 12.1 Å². The van der Waals surface area contributed by atoms with Gasteiger partial charge in [-0.3, -0.25) is 9.59 Å². The zero-order valence-corrected chi connectivity index (χ0v) is 17.6. The van der Waals surface area contributed by atoms with Gasteiger partial charge in [0, 0.05) is 45.1 Å². The first-order chi connectivity index (χ1) is 15.0. The lowest BCUT2D eigenvalue weighted by Crippen LogP contribution is -2.50. The third kappa shape index (κ3) is 7.05. The molecule has 0 aliphatic carbocycles. The van der Waals surface area contributed by atoms with Crippen LogP contribution >= 0.6 is 0 Å². The first-order valence-corrected chi connectivity index (χ1v) is 10.7. The molecule has 0 aromatic heterocycles. The fraction of sp³-hybridized carbons (Fsp3) is 0.417. The van der Waals surface area contributed by atoms with Crippen molar-refractivity contribution in [3.63, 3.8) is 0 Å². The van der Waals surface area contributed by atoms with Crippen molar-refractivity contribution in [2.24, 2.45) is 0 Å².